The van der Waals surface area contributed by atoms with Crippen molar-refractivity contribution in [2.75, 3.05) is 14.2 Å². The predicted octanol–water partition coefficient (Wildman–Crippen LogP) is 7.05. The molecule has 4 N–H and O–H groups in total. The minimum atomic E-state index is -1.80. The maximum atomic E-state index is 15.2. The van der Waals surface area contributed by atoms with Crippen LogP contribution < -0.4 is 9.47 Å². The number of aryl methyl sites for hydroxylation is 1. The van der Waals surface area contributed by atoms with E-state index in [0.717, 1.165) is 16.7 Å². The van der Waals surface area contributed by atoms with E-state index in [1.165, 1.54) is 14.2 Å². The van der Waals surface area contributed by atoms with E-state index in [1.807, 2.05) is 33.8 Å². The maximum absolute atomic E-state index is 15.2. The minimum Gasteiger partial charge on any atom is -0.511 e. The number of ether oxygens (including phenoxy) is 6. The Kier molecular flexibility index (Phi) is 12.7. The topological polar surface area (TPSA) is 205 Å². The fourth-order valence-electron chi connectivity index (χ4n) is 12.4. The summed E-state index contributed by atoms with van der Waals surface area (Å²) in [5.41, 5.74) is -1.28. The summed E-state index contributed by atoms with van der Waals surface area (Å²) < 4.78 is 35.7. The van der Waals surface area contributed by atoms with Gasteiger partial charge in [-0.05, 0) is 96.6 Å². The zero-order valence-corrected chi connectivity index (χ0v) is 38.7. The van der Waals surface area contributed by atoms with Crippen LogP contribution in [0.4, 0.5) is 0 Å². The molecule has 14 nitrogen and oxygen atoms in total. The highest BCUT2D eigenvalue weighted by molar-refractivity contribution is 6.26. The second-order valence-electron chi connectivity index (χ2n) is 19.6. The van der Waals surface area contributed by atoms with Crippen molar-refractivity contribution in [2.24, 2.45) is 40.4 Å². The third kappa shape index (κ3) is 7.51. The SMILES string of the molecule is COc1cc(C)c(C(=O)OC2C(C)OC(OC3CCC(C)C4C3C=C(C)C3C(C)=CCCC(C)=CC5(C)C=C(C(=O)O)C(C)CC56OC(=O)C(=C(O)C34C)C6=O)C(O)C2O)c(OC)c1. The molecule has 1 aromatic carbocycles. The summed E-state index contributed by atoms with van der Waals surface area (Å²) in [6, 6.07) is 3.21. The summed E-state index contributed by atoms with van der Waals surface area (Å²) in [4.78, 5) is 55.6. The van der Waals surface area contributed by atoms with E-state index in [-0.39, 0.29) is 35.0 Å². The molecule has 0 aromatic heterocycles. The second-order valence-corrected chi connectivity index (χ2v) is 19.6. The molecule has 1 saturated carbocycles. The highest BCUT2D eigenvalue weighted by Crippen LogP contribution is 2.62. The van der Waals surface area contributed by atoms with Gasteiger partial charge in [-0.1, -0.05) is 61.8 Å². The van der Waals surface area contributed by atoms with Gasteiger partial charge in [-0.25, -0.2) is 14.4 Å². The van der Waals surface area contributed by atoms with Crippen molar-refractivity contribution in [1.29, 1.82) is 0 Å². The standard InChI is InChI=1S/C50H64O14/c1-23-13-12-14-24(2)37-27(5)18-31-33(62-47-40(52)39(51)41(29(7)61-47)63-45(57)35-26(4)17-30(59-10)19-34(35)60-11)16-15-25(3)38(31)49(37,9)42(53)36-43(54)50(64-46(36)58)21-28(6)32(44(55)56)22-48(50,8)20-23/h14,17-20,22,25,28-29,31,33,37-41,47,51-53H,12-13,15-16,21H2,1-11H3,(H,55,56). The molecule has 2 bridgehead atoms. The van der Waals surface area contributed by atoms with Gasteiger partial charge < -0.3 is 48.8 Å². The molecule has 0 amide bonds. The summed E-state index contributed by atoms with van der Waals surface area (Å²) in [6.07, 6.45) is 2.58. The van der Waals surface area contributed by atoms with Gasteiger partial charge in [-0.15, -0.1) is 0 Å². The largest absolute Gasteiger partial charge is 0.511 e. The van der Waals surface area contributed by atoms with Crippen LogP contribution in [0.15, 0.2) is 70.1 Å². The Bertz CT molecular complexity index is 2270. The summed E-state index contributed by atoms with van der Waals surface area (Å²) in [5.74, 6) is -5.18. The van der Waals surface area contributed by atoms with Gasteiger partial charge in [0.25, 0.3) is 0 Å². The molecule has 348 valence electrons. The fourth-order valence-corrected chi connectivity index (χ4v) is 12.4. The number of methoxy groups -OCH3 is 2. The smallest absolute Gasteiger partial charge is 0.346 e. The van der Waals surface area contributed by atoms with Crippen molar-refractivity contribution in [3.8, 4) is 11.5 Å². The number of ketones is 1. The van der Waals surface area contributed by atoms with Crippen molar-refractivity contribution in [3.05, 3.63) is 81.2 Å². The summed E-state index contributed by atoms with van der Waals surface area (Å²) in [5, 5.41) is 46.2. The monoisotopic (exact) mass is 888 g/mol. The van der Waals surface area contributed by atoms with E-state index in [0.29, 0.717) is 37.0 Å². The van der Waals surface area contributed by atoms with Crippen molar-refractivity contribution < 1.29 is 68.0 Å². The Morgan fingerprint density at radius 1 is 0.922 bits per heavy atom. The van der Waals surface area contributed by atoms with Crippen LogP contribution in [0.5, 0.6) is 11.5 Å². The molecule has 64 heavy (non-hydrogen) atoms. The van der Waals surface area contributed by atoms with Crippen LogP contribution in [0.25, 0.3) is 0 Å². The number of aliphatic hydroxyl groups is 3. The van der Waals surface area contributed by atoms with Crippen molar-refractivity contribution >= 4 is 23.7 Å². The van der Waals surface area contributed by atoms with Gasteiger partial charge in [0.2, 0.25) is 5.78 Å². The molecule has 0 radical (unpaired) electrons. The van der Waals surface area contributed by atoms with E-state index in [2.05, 4.69) is 19.1 Å². The van der Waals surface area contributed by atoms with E-state index in [9.17, 15) is 34.8 Å². The van der Waals surface area contributed by atoms with Crippen LogP contribution in [0.1, 0.15) is 103 Å². The molecule has 2 aliphatic heterocycles. The number of carboxylic acid groups (broad SMARTS) is 1. The lowest BCUT2D eigenvalue weighted by Gasteiger charge is -2.56. The number of rotatable bonds is 7. The number of hydrogen-bond donors (Lipinski definition) is 4. The highest BCUT2D eigenvalue weighted by Gasteiger charge is 2.67. The Morgan fingerprint density at radius 2 is 1.62 bits per heavy atom. The van der Waals surface area contributed by atoms with Gasteiger partial charge in [-0.2, -0.15) is 0 Å². The molecule has 14 unspecified atom stereocenters. The van der Waals surface area contributed by atoms with Crippen molar-refractivity contribution in [1.82, 2.24) is 0 Å². The summed E-state index contributed by atoms with van der Waals surface area (Å²) >= 11 is 0. The number of carbonyl (C=O) groups excluding carboxylic acids is 3. The van der Waals surface area contributed by atoms with Gasteiger partial charge in [0.15, 0.2) is 18.0 Å². The molecule has 14 atom stereocenters. The van der Waals surface area contributed by atoms with Crippen LogP contribution in [0.2, 0.25) is 0 Å². The first-order valence-corrected chi connectivity index (χ1v) is 22.4. The molecule has 2 heterocycles. The first kappa shape index (κ1) is 47.2. The number of benzene rings is 1. The van der Waals surface area contributed by atoms with E-state index in [1.54, 1.807) is 45.9 Å². The molecule has 3 fully saturated rings. The molecule has 2 saturated heterocycles. The van der Waals surface area contributed by atoms with Gasteiger partial charge in [-0.3, -0.25) is 4.79 Å². The Labute approximate surface area is 375 Å². The van der Waals surface area contributed by atoms with E-state index >= 15 is 4.79 Å². The zero-order valence-electron chi connectivity index (χ0n) is 38.7. The average Bonchev–Trinajstić information content (AvgIpc) is 3.47. The number of carbonyl (C=O) groups is 4. The van der Waals surface area contributed by atoms with Crippen LogP contribution >= 0.6 is 0 Å². The lowest BCUT2D eigenvalue weighted by atomic mass is 9.49. The lowest BCUT2D eigenvalue weighted by Crippen LogP contribution is -2.60. The van der Waals surface area contributed by atoms with Crippen LogP contribution in [0.3, 0.4) is 0 Å². The molecule has 6 aliphatic rings. The normalized spacial score (nSPS) is 38.9. The van der Waals surface area contributed by atoms with Crippen LogP contribution in [-0.2, 0) is 33.3 Å². The number of allylic oxidation sites excluding steroid dienone is 5. The number of esters is 2. The Morgan fingerprint density at radius 3 is 2.28 bits per heavy atom. The summed E-state index contributed by atoms with van der Waals surface area (Å²) in [7, 11) is 2.91. The highest BCUT2D eigenvalue weighted by atomic mass is 16.7. The molecule has 7 rings (SSSR count). The third-order valence-corrected chi connectivity index (χ3v) is 15.3. The van der Waals surface area contributed by atoms with Gasteiger partial charge in [0, 0.05) is 35.3 Å². The van der Waals surface area contributed by atoms with E-state index < -0.39 is 106 Å². The average molecular weight is 889 g/mol. The molecule has 1 aromatic rings. The first-order chi connectivity index (χ1) is 30.0. The van der Waals surface area contributed by atoms with Crippen molar-refractivity contribution in [2.45, 2.75) is 137 Å². The van der Waals surface area contributed by atoms with Crippen molar-refractivity contribution in [3.63, 3.8) is 0 Å². The molecule has 4 aliphatic carbocycles. The predicted molar refractivity (Wildman–Crippen MR) is 233 cm³/mol. The minimum absolute atomic E-state index is 0.0664. The van der Waals surface area contributed by atoms with Gasteiger partial charge in [0.05, 0.1) is 31.8 Å². The van der Waals surface area contributed by atoms with Crippen LogP contribution in [-0.4, -0.2) is 101 Å². The number of fused-ring (bicyclic) bond motifs is 4. The first-order valence-electron chi connectivity index (χ1n) is 22.4. The number of carboxylic acids is 1. The number of Topliss-reactive ketones (excluding diaryl/α,β-unsaturated/α-hetero) is 1. The Balaban J connectivity index is 1.24. The summed E-state index contributed by atoms with van der Waals surface area (Å²) in [6.45, 7) is 16.6. The van der Waals surface area contributed by atoms with Gasteiger partial charge in [0.1, 0.15) is 40.6 Å². The Hall–Kier alpha value is -4.76. The zero-order chi connectivity index (χ0) is 47.0. The third-order valence-electron chi connectivity index (χ3n) is 15.3. The van der Waals surface area contributed by atoms with E-state index in [4.69, 9.17) is 28.4 Å². The number of aliphatic carboxylic acids is 1. The molecule has 14 heteroatoms. The number of aliphatic hydroxyl groups excluding tert-OH is 3. The lowest BCUT2D eigenvalue weighted by molar-refractivity contribution is -0.311. The maximum Gasteiger partial charge on any atom is 0.346 e. The fraction of sp³-hybridized carbons (Fsp3) is 0.600. The number of hydrogen-bond acceptors (Lipinski definition) is 13. The molecular weight excluding hydrogens is 825 g/mol. The quantitative estimate of drug-likeness (QED) is 0.123. The molecule has 1 spiro atoms. The second kappa shape index (κ2) is 17.2. The molecular formula is C50H64O14. The van der Waals surface area contributed by atoms with Crippen LogP contribution in [0, 0.1) is 47.3 Å². The van der Waals surface area contributed by atoms with Gasteiger partial charge >= 0.3 is 17.9 Å².